The Morgan fingerprint density at radius 1 is 1.17 bits per heavy atom. The summed E-state index contributed by atoms with van der Waals surface area (Å²) in [6, 6.07) is 2.38. The molecule has 2 amide bonds. The summed E-state index contributed by atoms with van der Waals surface area (Å²) >= 11 is 0. The van der Waals surface area contributed by atoms with Gasteiger partial charge in [0.05, 0.1) is 11.7 Å². The molecule has 160 valence electrons. The largest absolute Gasteiger partial charge is 0.376 e. The number of pyridine rings is 1. The predicted molar refractivity (Wildman–Crippen MR) is 111 cm³/mol. The number of amides is 2. The lowest BCUT2D eigenvalue weighted by Crippen LogP contribution is -2.53. The first-order valence-electron chi connectivity index (χ1n) is 10.9. The third-order valence-electron chi connectivity index (χ3n) is 6.39. The number of aryl methyl sites for hydroxylation is 1. The standard InChI is InChI=1S/C22H29N5O3/c1-15-17-6-2-3-7-18(17)19(13-23)20(25-15)26-8-10-27(11-9-26)22(29)21(28)24-14-16-5-4-12-30-16/h16H,2-12,14H2,1H3,(H,24,28)/t16-/m0/s1. The van der Waals surface area contributed by atoms with Crippen LogP contribution in [0, 0.1) is 18.3 Å². The van der Waals surface area contributed by atoms with Gasteiger partial charge in [-0.2, -0.15) is 5.26 Å². The van der Waals surface area contributed by atoms with E-state index in [1.165, 1.54) is 5.56 Å². The van der Waals surface area contributed by atoms with Crippen LogP contribution in [0.15, 0.2) is 0 Å². The number of nitrogens with one attached hydrogen (secondary N) is 1. The van der Waals surface area contributed by atoms with Crippen molar-refractivity contribution < 1.29 is 14.3 Å². The maximum absolute atomic E-state index is 12.5. The van der Waals surface area contributed by atoms with Gasteiger partial charge in [0.1, 0.15) is 11.9 Å². The minimum Gasteiger partial charge on any atom is -0.376 e. The van der Waals surface area contributed by atoms with E-state index in [-0.39, 0.29) is 6.10 Å². The van der Waals surface area contributed by atoms with Crippen LogP contribution in [-0.4, -0.2) is 67.1 Å². The summed E-state index contributed by atoms with van der Waals surface area (Å²) < 4.78 is 5.48. The fraction of sp³-hybridized carbons (Fsp3) is 0.636. The van der Waals surface area contributed by atoms with E-state index in [0.29, 0.717) is 38.3 Å². The maximum Gasteiger partial charge on any atom is 0.312 e. The Morgan fingerprint density at radius 3 is 2.57 bits per heavy atom. The molecule has 1 aliphatic carbocycles. The monoisotopic (exact) mass is 411 g/mol. The van der Waals surface area contributed by atoms with Crippen LogP contribution >= 0.6 is 0 Å². The molecular formula is C22H29N5O3. The summed E-state index contributed by atoms with van der Waals surface area (Å²) in [5.41, 5.74) is 4.08. The number of piperazine rings is 1. The van der Waals surface area contributed by atoms with Crippen LogP contribution in [0.4, 0.5) is 5.82 Å². The summed E-state index contributed by atoms with van der Waals surface area (Å²) in [5, 5.41) is 12.5. The molecule has 2 saturated heterocycles. The molecule has 0 bridgehead atoms. The van der Waals surface area contributed by atoms with Crippen molar-refractivity contribution in [3.8, 4) is 6.07 Å². The molecule has 0 unspecified atom stereocenters. The van der Waals surface area contributed by atoms with E-state index < -0.39 is 11.8 Å². The Labute approximate surface area is 177 Å². The van der Waals surface area contributed by atoms with Crippen molar-refractivity contribution >= 4 is 17.6 Å². The highest BCUT2D eigenvalue weighted by atomic mass is 16.5. The Morgan fingerprint density at radius 2 is 1.90 bits per heavy atom. The van der Waals surface area contributed by atoms with Gasteiger partial charge < -0.3 is 19.9 Å². The lowest BCUT2D eigenvalue weighted by molar-refractivity contribution is -0.146. The van der Waals surface area contributed by atoms with Gasteiger partial charge in [-0.3, -0.25) is 9.59 Å². The molecule has 2 aliphatic heterocycles. The van der Waals surface area contributed by atoms with E-state index in [4.69, 9.17) is 9.72 Å². The zero-order valence-corrected chi connectivity index (χ0v) is 17.6. The lowest BCUT2D eigenvalue weighted by Gasteiger charge is -2.36. The second-order valence-corrected chi connectivity index (χ2v) is 8.30. The number of carbonyl (C=O) groups is 2. The van der Waals surface area contributed by atoms with Crippen LogP contribution < -0.4 is 10.2 Å². The van der Waals surface area contributed by atoms with Crippen LogP contribution in [0.1, 0.15) is 48.1 Å². The van der Waals surface area contributed by atoms with E-state index in [1.807, 2.05) is 6.92 Å². The summed E-state index contributed by atoms with van der Waals surface area (Å²) in [5.74, 6) is -0.340. The van der Waals surface area contributed by atoms with Crippen molar-refractivity contribution in [3.05, 3.63) is 22.4 Å². The normalized spacial score (nSPS) is 21.1. The van der Waals surface area contributed by atoms with Gasteiger partial charge in [-0.05, 0) is 56.6 Å². The average Bonchev–Trinajstić information content (AvgIpc) is 3.31. The highest BCUT2D eigenvalue weighted by Gasteiger charge is 2.30. The quantitative estimate of drug-likeness (QED) is 0.748. The molecule has 8 nitrogen and oxygen atoms in total. The Hall–Kier alpha value is -2.66. The molecule has 1 aromatic heterocycles. The molecule has 0 radical (unpaired) electrons. The number of anilines is 1. The molecule has 0 saturated carbocycles. The predicted octanol–water partition coefficient (Wildman–Crippen LogP) is 1.08. The Kier molecular flexibility index (Phi) is 6.18. The third kappa shape index (κ3) is 4.12. The summed E-state index contributed by atoms with van der Waals surface area (Å²) in [7, 11) is 0. The van der Waals surface area contributed by atoms with Crippen LogP contribution in [0.5, 0.6) is 0 Å². The van der Waals surface area contributed by atoms with Gasteiger partial charge >= 0.3 is 11.8 Å². The number of rotatable bonds is 3. The molecule has 1 N–H and O–H groups in total. The maximum atomic E-state index is 12.5. The van der Waals surface area contributed by atoms with Gasteiger partial charge in [-0.15, -0.1) is 0 Å². The molecule has 8 heteroatoms. The van der Waals surface area contributed by atoms with Gasteiger partial charge in [0.2, 0.25) is 0 Å². The van der Waals surface area contributed by atoms with Gasteiger partial charge in [0, 0.05) is 45.0 Å². The smallest absolute Gasteiger partial charge is 0.312 e. The van der Waals surface area contributed by atoms with E-state index >= 15 is 0 Å². The Bertz CT molecular complexity index is 865. The highest BCUT2D eigenvalue weighted by molar-refractivity contribution is 6.35. The molecule has 3 aliphatic rings. The van der Waals surface area contributed by atoms with Gasteiger partial charge in [0.25, 0.3) is 0 Å². The fourth-order valence-corrected chi connectivity index (χ4v) is 4.70. The van der Waals surface area contributed by atoms with Crippen LogP contribution in [0.25, 0.3) is 0 Å². The summed E-state index contributed by atoms with van der Waals surface area (Å²) in [4.78, 5) is 33.2. The van der Waals surface area contributed by atoms with Gasteiger partial charge in [0.15, 0.2) is 0 Å². The average molecular weight is 412 g/mol. The Balaban J connectivity index is 1.38. The third-order valence-corrected chi connectivity index (χ3v) is 6.39. The molecule has 0 aromatic carbocycles. The number of fused-ring (bicyclic) bond motifs is 1. The van der Waals surface area contributed by atoms with Crippen LogP contribution in [-0.2, 0) is 27.2 Å². The SMILES string of the molecule is Cc1nc(N2CCN(C(=O)C(=O)NC[C@@H]3CCCO3)CC2)c(C#N)c2c1CCCC2. The molecule has 4 rings (SSSR count). The van der Waals surface area contributed by atoms with E-state index in [1.54, 1.807) is 4.90 Å². The fourth-order valence-electron chi connectivity index (χ4n) is 4.70. The lowest BCUT2D eigenvalue weighted by atomic mass is 9.88. The number of nitriles is 1. The summed E-state index contributed by atoms with van der Waals surface area (Å²) in [6.45, 7) is 5.12. The zero-order chi connectivity index (χ0) is 21.1. The first kappa shape index (κ1) is 20.6. The van der Waals surface area contributed by atoms with Gasteiger partial charge in [-0.1, -0.05) is 0 Å². The van der Waals surface area contributed by atoms with Gasteiger partial charge in [-0.25, -0.2) is 4.98 Å². The van der Waals surface area contributed by atoms with Crippen molar-refractivity contribution in [2.45, 2.75) is 51.6 Å². The first-order chi connectivity index (χ1) is 14.6. The van der Waals surface area contributed by atoms with E-state index in [2.05, 4.69) is 16.3 Å². The molecule has 3 heterocycles. The van der Waals surface area contributed by atoms with Crippen molar-refractivity contribution in [1.82, 2.24) is 15.2 Å². The number of aromatic nitrogens is 1. The molecular weight excluding hydrogens is 382 g/mol. The van der Waals surface area contributed by atoms with Crippen LogP contribution in [0.2, 0.25) is 0 Å². The number of ether oxygens (including phenoxy) is 1. The highest BCUT2D eigenvalue weighted by Crippen LogP contribution is 2.32. The van der Waals surface area contributed by atoms with E-state index in [9.17, 15) is 14.9 Å². The molecule has 1 atom stereocenters. The van der Waals surface area contributed by atoms with Crippen molar-refractivity contribution in [2.24, 2.45) is 0 Å². The number of carbonyl (C=O) groups excluding carboxylic acids is 2. The number of hydrogen-bond donors (Lipinski definition) is 1. The minimum absolute atomic E-state index is 0.0151. The zero-order valence-electron chi connectivity index (χ0n) is 17.6. The van der Waals surface area contributed by atoms with Crippen molar-refractivity contribution in [2.75, 3.05) is 44.2 Å². The first-order valence-corrected chi connectivity index (χ1v) is 10.9. The minimum atomic E-state index is -0.570. The summed E-state index contributed by atoms with van der Waals surface area (Å²) in [6.07, 6.45) is 6.10. The van der Waals surface area contributed by atoms with Crippen LogP contribution in [0.3, 0.4) is 0 Å². The van der Waals surface area contributed by atoms with Crippen molar-refractivity contribution in [3.63, 3.8) is 0 Å². The molecule has 0 spiro atoms. The topological polar surface area (TPSA) is 98.6 Å². The molecule has 30 heavy (non-hydrogen) atoms. The number of hydrogen-bond acceptors (Lipinski definition) is 6. The molecule has 2 fully saturated rings. The second-order valence-electron chi connectivity index (χ2n) is 8.30. The molecule has 1 aromatic rings. The van der Waals surface area contributed by atoms with Crippen molar-refractivity contribution in [1.29, 1.82) is 5.26 Å². The number of nitrogens with zero attached hydrogens (tertiary/aromatic N) is 4. The van der Waals surface area contributed by atoms with E-state index in [0.717, 1.165) is 62.2 Å². The second kappa shape index (κ2) is 9.00.